The summed E-state index contributed by atoms with van der Waals surface area (Å²) in [5, 5.41) is 16.4. The summed E-state index contributed by atoms with van der Waals surface area (Å²) in [6.07, 6.45) is -3.49. The zero-order chi connectivity index (χ0) is 22.8. The Morgan fingerprint density at radius 1 is 1.19 bits per heavy atom. The van der Waals surface area contributed by atoms with Crippen molar-refractivity contribution in [2.24, 2.45) is 0 Å². The van der Waals surface area contributed by atoms with Crippen LogP contribution in [-0.4, -0.2) is 15.7 Å². The van der Waals surface area contributed by atoms with Gasteiger partial charge in [0.2, 0.25) is 0 Å². The van der Waals surface area contributed by atoms with E-state index in [-0.39, 0.29) is 10.7 Å². The molecule has 0 bridgehead atoms. The summed E-state index contributed by atoms with van der Waals surface area (Å²) < 4.78 is 40.8. The van der Waals surface area contributed by atoms with Crippen molar-refractivity contribution in [1.82, 2.24) is 9.78 Å². The molecule has 1 aromatic heterocycles. The first-order valence-corrected chi connectivity index (χ1v) is 9.48. The van der Waals surface area contributed by atoms with Crippen molar-refractivity contribution < 1.29 is 18.0 Å². The molecular formula is C21H13Cl2F3N4O. The van der Waals surface area contributed by atoms with Crippen LogP contribution >= 0.6 is 23.2 Å². The average molecular weight is 465 g/mol. The minimum absolute atomic E-state index is 0.107. The predicted octanol–water partition coefficient (Wildman–Crippen LogP) is 6.05. The SMILES string of the molecule is Cc1nn(-c2cccc(Cl)c2)c(Cl)c1/C=C(\C#N)C(=O)Nc1ccccc1C(F)(F)F. The van der Waals surface area contributed by atoms with Gasteiger partial charge < -0.3 is 5.32 Å². The number of aryl methyl sites for hydroxylation is 1. The zero-order valence-corrected chi connectivity index (χ0v) is 17.3. The largest absolute Gasteiger partial charge is 0.418 e. The fourth-order valence-corrected chi connectivity index (χ4v) is 3.29. The second-order valence-corrected chi connectivity index (χ2v) is 7.14. The van der Waals surface area contributed by atoms with Gasteiger partial charge in [-0.15, -0.1) is 0 Å². The number of halogens is 5. The third-order valence-corrected chi connectivity index (χ3v) is 4.83. The molecule has 1 amide bonds. The highest BCUT2D eigenvalue weighted by atomic mass is 35.5. The molecule has 0 saturated heterocycles. The number of benzene rings is 2. The molecule has 3 rings (SSSR count). The van der Waals surface area contributed by atoms with Crippen molar-refractivity contribution in [2.75, 3.05) is 5.32 Å². The molecule has 10 heteroatoms. The van der Waals surface area contributed by atoms with Crippen molar-refractivity contribution in [1.29, 1.82) is 5.26 Å². The Labute approximate surface area is 185 Å². The summed E-state index contributed by atoms with van der Waals surface area (Å²) in [5.41, 5.74) is -0.684. The van der Waals surface area contributed by atoms with Crippen LogP contribution in [0.4, 0.5) is 18.9 Å². The molecule has 1 heterocycles. The molecule has 0 spiro atoms. The first-order valence-electron chi connectivity index (χ1n) is 8.72. The third-order valence-electron chi connectivity index (χ3n) is 4.24. The van der Waals surface area contributed by atoms with Gasteiger partial charge in [-0.3, -0.25) is 4.79 Å². The summed E-state index contributed by atoms with van der Waals surface area (Å²) >= 11 is 12.4. The number of rotatable bonds is 4. The minimum atomic E-state index is -4.67. The first kappa shape index (κ1) is 22.4. The fourth-order valence-electron chi connectivity index (χ4n) is 2.78. The lowest BCUT2D eigenvalue weighted by Crippen LogP contribution is -2.17. The monoisotopic (exact) mass is 464 g/mol. The Morgan fingerprint density at radius 3 is 2.55 bits per heavy atom. The molecule has 0 saturated carbocycles. The molecule has 0 aliphatic carbocycles. The van der Waals surface area contributed by atoms with Crippen LogP contribution in [0, 0.1) is 18.3 Å². The Hall–Kier alpha value is -3.28. The van der Waals surface area contributed by atoms with E-state index in [1.54, 1.807) is 37.3 Å². The van der Waals surface area contributed by atoms with Gasteiger partial charge in [-0.2, -0.15) is 23.5 Å². The van der Waals surface area contributed by atoms with Crippen LogP contribution in [0.3, 0.4) is 0 Å². The van der Waals surface area contributed by atoms with Crippen molar-refractivity contribution in [2.45, 2.75) is 13.1 Å². The lowest BCUT2D eigenvalue weighted by molar-refractivity contribution is -0.137. The number of alkyl halides is 3. The molecule has 3 aromatic rings. The summed E-state index contributed by atoms with van der Waals surface area (Å²) in [6, 6.07) is 12.9. The van der Waals surface area contributed by atoms with E-state index >= 15 is 0 Å². The number of aromatic nitrogens is 2. The maximum atomic E-state index is 13.2. The van der Waals surface area contributed by atoms with E-state index in [0.29, 0.717) is 16.4 Å². The molecule has 0 atom stereocenters. The number of nitrogens with one attached hydrogen (secondary N) is 1. The van der Waals surface area contributed by atoms with E-state index in [0.717, 1.165) is 12.1 Å². The molecule has 2 aromatic carbocycles. The van der Waals surface area contributed by atoms with Crippen LogP contribution in [-0.2, 0) is 11.0 Å². The lowest BCUT2D eigenvalue weighted by Gasteiger charge is -2.13. The van der Waals surface area contributed by atoms with E-state index in [1.807, 2.05) is 0 Å². The second kappa shape index (κ2) is 8.84. The lowest BCUT2D eigenvalue weighted by atomic mass is 10.1. The maximum absolute atomic E-state index is 13.2. The second-order valence-electron chi connectivity index (χ2n) is 6.35. The average Bonchev–Trinajstić information content (AvgIpc) is 2.99. The number of nitrogens with zero attached hydrogens (tertiary/aromatic N) is 3. The molecule has 0 fully saturated rings. The number of para-hydroxylation sites is 1. The van der Waals surface area contributed by atoms with E-state index < -0.39 is 28.9 Å². The highest BCUT2D eigenvalue weighted by molar-refractivity contribution is 6.32. The Bertz CT molecular complexity index is 1230. The van der Waals surface area contributed by atoms with Gasteiger partial charge >= 0.3 is 6.18 Å². The molecule has 5 nitrogen and oxygen atoms in total. The summed E-state index contributed by atoms with van der Waals surface area (Å²) in [6.45, 7) is 1.62. The minimum Gasteiger partial charge on any atom is -0.321 e. The van der Waals surface area contributed by atoms with Gasteiger partial charge in [0.15, 0.2) is 0 Å². The van der Waals surface area contributed by atoms with Crippen molar-refractivity contribution >= 4 is 40.9 Å². The number of nitriles is 1. The van der Waals surface area contributed by atoms with Gasteiger partial charge in [0.05, 0.1) is 22.6 Å². The maximum Gasteiger partial charge on any atom is 0.418 e. The van der Waals surface area contributed by atoms with Gasteiger partial charge in [-0.05, 0) is 43.3 Å². The fraction of sp³-hybridized carbons (Fsp3) is 0.0952. The molecule has 0 aliphatic rings. The van der Waals surface area contributed by atoms with E-state index in [1.165, 1.54) is 22.9 Å². The number of carbonyl (C=O) groups is 1. The summed E-state index contributed by atoms with van der Waals surface area (Å²) in [4.78, 5) is 12.5. The van der Waals surface area contributed by atoms with Crippen LogP contribution in [0.15, 0.2) is 54.1 Å². The van der Waals surface area contributed by atoms with Gasteiger partial charge in [0.25, 0.3) is 5.91 Å². The van der Waals surface area contributed by atoms with Crippen LogP contribution in [0.2, 0.25) is 10.2 Å². The topological polar surface area (TPSA) is 70.7 Å². The van der Waals surface area contributed by atoms with Crippen molar-refractivity contribution in [3.63, 3.8) is 0 Å². The number of amides is 1. The zero-order valence-electron chi connectivity index (χ0n) is 15.8. The van der Waals surface area contributed by atoms with Crippen LogP contribution in [0.5, 0.6) is 0 Å². The number of hydrogen-bond donors (Lipinski definition) is 1. The molecule has 0 radical (unpaired) electrons. The number of carbonyl (C=O) groups excluding carboxylic acids is 1. The van der Waals surface area contributed by atoms with Crippen molar-refractivity contribution in [3.8, 4) is 11.8 Å². The Morgan fingerprint density at radius 2 is 1.90 bits per heavy atom. The standard InChI is InChI=1S/C21H13Cl2F3N4O/c1-12-16(19(23)30(29-12)15-6-4-5-14(22)10-15)9-13(11-27)20(31)28-18-8-3-2-7-17(18)21(24,25)26/h2-10H,1H3,(H,28,31)/b13-9+. The molecule has 31 heavy (non-hydrogen) atoms. The van der Waals surface area contributed by atoms with Gasteiger partial charge in [0.1, 0.15) is 16.8 Å². The van der Waals surface area contributed by atoms with Crippen LogP contribution in [0.25, 0.3) is 11.8 Å². The van der Waals surface area contributed by atoms with E-state index in [9.17, 15) is 23.2 Å². The molecule has 158 valence electrons. The van der Waals surface area contributed by atoms with Gasteiger partial charge in [0, 0.05) is 10.6 Å². The Balaban J connectivity index is 1.97. The van der Waals surface area contributed by atoms with E-state index in [2.05, 4.69) is 10.4 Å². The smallest absolute Gasteiger partial charge is 0.321 e. The number of hydrogen-bond acceptors (Lipinski definition) is 3. The normalized spacial score (nSPS) is 11.8. The molecule has 0 aliphatic heterocycles. The highest BCUT2D eigenvalue weighted by Gasteiger charge is 2.33. The Kier molecular flexibility index (Phi) is 6.39. The van der Waals surface area contributed by atoms with Crippen LogP contribution in [0.1, 0.15) is 16.8 Å². The molecule has 0 unspecified atom stereocenters. The quantitative estimate of drug-likeness (QED) is 0.377. The summed E-state index contributed by atoms with van der Waals surface area (Å²) in [5.74, 6) is -1.01. The highest BCUT2D eigenvalue weighted by Crippen LogP contribution is 2.35. The van der Waals surface area contributed by atoms with Gasteiger partial charge in [-0.25, -0.2) is 4.68 Å². The van der Waals surface area contributed by atoms with Gasteiger partial charge in [-0.1, -0.05) is 41.4 Å². The summed E-state index contributed by atoms with van der Waals surface area (Å²) in [7, 11) is 0. The predicted molar refractivity (Wildman–Crippen MR) is 112 cm³/mol. The molecule has 1 N–H and O–H groups in total. The van der Waals surface area contributed by atoms with Crippen molar-refractivity contribution in [3.05, 3.63) is 81.1 Å². The first-order chi connectivity index (χ1) is 14.6. The van der Waals surface area contributed by atoms with Crippen LogP contribution < -0.4 is 5.32 Å². The third kappa shape index (κ3) is 4.90. The number of anilines is 1. The van der Waals surface area contributed by atoms with E-state index in [4.69, 9.17) is 23.2 Å². The molecular weight excluding hydrogens is 452 g/mol.